The van der Waals surface area contributed by atoms with Crippen molar-refractivity contribution in [1.82, 2.24) is 0 Å². The number of para-hydroxylation sites is 1. The van der Waals surface area contributed by atoms with Crippen LogP contribution in [0, 0.1) is 17.0 Å². The molecule has 0 radical (unpaired) electrons. The van der Waals surface area contributed by atoms with E-state index >= 15 is 0 Å². The molecule has 0 aromatic heterocycles. The first-order valence-corrected chi connectivity index (χ1v) is 8.65. The van der Waals surface area contributed by atoms with Crippen molar-refractivity contribution in [2.24, 2.45) is 0 Å². The normalized spacial score (nSPS) is 11.5. The third-order valence-electron chi connectivity index (χ3n) is 4.43. The Labute approximate surface area is 157 Å². The summed E-state index contributed by atoms with van der Waals surface area (Å²) in [6.07, 6.45) is 0.925. The van der Waals surface area contributed by atoms with Crippen molar-refractivity contribution in [3.8, 4) is 0 Å². The van der Waals surface area contributed by atoms with Gasteiger partial charge in [-0.2, -0.15) is 0 Å². The van der Waals surface area contributed by atoms with E-state index in [1.807, 2.05) is 18.2 Å². The van der Waals surface area contributed by atoms with E-state index in [-0.39, 0.29) is 22.7 Å². The minimum absolute atomic E-state index is 0.0667. The van der Waals surface area contributed by atoms with Gasteiger partial charge in [-0.3, -0.25) is 14.9 Å². The van der Waals surface area contributed by atoms with Crippen molar-refractivity contribution in [1.29, 1.82) is 0 Å². The molecule has 1 N–H and O–H groups in total. The van der Waals surface area contributed by atoms with Crippen molar-refractivity contribution >= 4 is 23.3 Å². The summed E-state index contributed by atoms with van der Waals surface area (Å²) in [7, 11) is 0. The molecule has 0 aliphatic heterocycles. The number of anilines is 1. The van der Waals surface area contributed by atoms with Gasteiger partial charge in [0.2, 0.25) is 0 Å². The van der Waals surface area contributed by atoms with Gasteiger partial charge in [-0.15, -0.1) is 0 Å². The summed E-state index contributed by atoms with van der Waals surface area (Å²) in [6.45, 7) is 5.12. The van der Waals surface area contributed by atoms with Crippen LogP contribution >= 0.6 is 0 Å². The van der Waals surface area contributed by atoms with Crippen molar-refractivity contribution in [2.45, 2.75) is 33.1 Å². The molecule has 2 aromatic carbocycles. The highest BCUT2D eigenvalue weighted by Crippen LogP contribution is 2.26. The Morgan fingerprint density at radius 2 is 1.89 bits per heavy atom. The highest BCUT2D eigenvalue weighted by Gasteiger charge is 2.20. The molecule has 0 saturated carbocycles. The van der Waals surface area contributed by atoms with Gasteiger partial charge in [0, 0.05) is 17.3 Å². The number of ether oxygens (including phenoxy) is 1. The van der Waals surface area contributed by atoms with Crippen LogP contribution < -0.4 is 5.32 Å². The zero-order valence-corrected chi connectivity index (χ0v) is 15.5. The molecular formula is C20H22N2O5. The summed E-state index contributed by atoms with van der Waals surface area (Å²) in [5.41, 5.74) is 1.79. The maximum atomic E-state index is 12.2. The Balaban J connectivity index is 2.04. The first-order chi connectivity index (χ1) is 12.8. The fraction of sp³-hybridized carbons (Fsp3) is 0.300. The number of amides is 1. The number of benzene rings is 2. The summed E-state index contributed by atoms with van der Waals surface area (Å²) in [5.74, 6) is -0.972. The molecule has 2 aromatic rings. The summed E-state index contributed by atoms with van der Waals surface area (Å²) in [5, 5.41) is 13.7. The zero-order chi connectivity index (χ0) is 20.0. The number of nitrogens with zero attached hydrogens (tertiary/aromatic N) is 1. The fourth-order valence-electron chi connectivity index (χ4n) is 2.70. The SMILES string of the molecule is CC[C@H](C)c1ccccc1NC(=O)COC(=O)c1cccc([N+](=O)[O-])c1C. The van der Waals surface area contributed by atoms with Gasteiger partial charge in [0.05, 0.1) is 10.5 Å². The van der Waals surface area contributed by atoms with Crippen molar-refractivity contribution in [3.63, 3.8) is 0 Å². The van der Waals surface area contributed by atoms with Gasteiger partial charge in [-0.1, -0.05) is 38.1 Å². The van der Waals surface area contributed by atoms with E-state index in [0.717, 1.165) is 12.0 Å². The van der Waals surface area contributed by atoms with Gasteiger partial charge in [0.15, 0.2) is 6.61 Å². The summed E-state index contributed by atoms with van der Waals surface area (Å²) in [4.78, 5) is 34.8. The Morgan fingerprint density at radius 3 is 2.56 bits per heavy atom. The second-order valence-electron chi connectivity index (χ2n) is 6.23. The lowest BCUT2D eigenvalue weighted by Gasteiger charge is -2.15. The first-order valence-electron chi connectivity index (χ1n) is 8.65. The van der Waals surface area contributed by atoms with E-state index in [1.54, 1.807) is 6.07 Å². The summed E-state index contributed by atoms with van der Waals surface area (Å²) in [6, 6.07) is 11.6. The fourth-order valence-corrected chi connectivity index (χ4v) is 2.70. The molecule has 7 nitrogen and oxygen atoms in total. The lowest BCUT2D eigenvalue weighted by Crippen LogP contribution is -2.22. The van der Waals surface area contributed by atoms with Crippen LogP contribution in [-0.2, 0) is 9.53 Å². The molecule has 0 unspecified atom stereocenters. The third kappa shape index (κ3) is 4.91. The molecule has 2 rings (SSSR count). The highest BCUT2D eigenvalue weighted by molar-refractivity contribution is 5.97. The number of carbonyl (C=O) groups is 2. The van der Waals surface area contributed by atoms with E-state index in [1.165, 1.54) is 25.1 Å². The van der Waals surface area contributed by atoms with Crippen LogP contribution in [-0.4, -0.2) is 23.4 Å². The number of nitro benzene ring substituents is 1. The van der Waals surface area contributed by atoms with Gasteiger partial charge in [-0.25, -0.2) is 4.79 Å². The smallest absolute Gasteiger partial charge is 0.339 e. The van der Waals surface area contributed by atoms with Crippen LogP contribution in [0.2, 0.25) is 0 Å². The largest absolute Gasteiger partial charge is 0.452 e. The number of hydrogen-bond acceptors (Lipinski definition) is 5. The van der Waals surface area contributed by atoms with Gasteiger partial charge >= 0.3 is 5.97 Å². The Bertz CT molecular complexity index is 863. The Hall–Kier alpha value is -3.22. The molecule has 27 heavy (non-hydrogen) atoms. The summed E-state index contributed by atoms with van der Waals surface area (Å²) >= 11 is 0. The maximum absolute atomic E-state index is 12.2. The van der Waals surface area contributed by atoms with Gasteiger partial charge in [0.25, 0.3) is 11.6 Å². The topological polar surface area (TPSA) is 98.5 Å². The minimum atomic E-state index is -0.776. The molecule has 0 spiro atoms. The molecule has 1 atom stereocenters. The molecule has 0 heterocycles. The zero-order valence-electron chi connectivity index (χ0n) is 15.5. The molecular weight excluding hydrogens is 348 g/mol. The number of nitro groups is 1. The van der Waals surface area contributed by atoms with Crippen LogP contribution in [0.4, 0.5) is 11.4 Å². The third-order valence-corrected chi connectivity index (χ3v) is 4.43. The van der Waals surface area contributed by atoms with E-state index in [2.05, 4.69) is 19.2 Å². The molecule has 0 fully saturated rings. The van der Waals surface area contributed by atoms with Crippen LogP contribution in [0.3, 0.4) is 0 Å². The quantitative estimate of drug-likeness (QED) is 0.447. The molecule has 7 heteroatoms. The highest BCUT2D eigenvalue weighted by atomic mass is 16.6. The van der Waals surface area contributed by atoms with Crippen LogP contribution in [0.5, 0.6) is 0 Å². The minimum Gasteiger partial charge on any atom is -0.452 e. The first kappa shape index (κ1) is 20.1. The predicted molar refractivity (Wildman–Crippen MR) is 102 cm³/mol. The van der Waals surface area contributed by atoms with Crippen LogP contribution in [0.1, 0.15) is 47.7 Å². The summed E-state index contributed by atoms with van der Waals surface area (Å²) < 4.78 is 5.03. The lowest BCUT2D eigenvalue weighted by atomic mass is 9.97. The standard InChI is InChI=1S/C20H22N2O5/c1-4-13(2)15-8-5-6-10-17(15)21-19(23)12-27-20(24)16-9-7-11-18(14(16)3)22(25)26/h5-11,13H,4,12H2,1-3H3,(H,21,23)/t13-/m0/s1. The Morgan fingerprint density at radius 1 is 1.19 bits per heavy atom. The van der Waals surface area contributed by atoms with Gasteiger partial charge < -0.3 is 10.1 Å². The molecule has 1 amide bonds. The molecule has 142 valence electrons. The van der Waals surface area contributed by atoms with E-state index in [4.69, 9.17) is 4.74 Å². The Kier molecular flexibility index (Phi) is 6.65. The van der Waals surface area contributed by atoms with Crippen LogP contribution in [0.25, 0.3) is 0 Å². The number of hydrogen-bond donors (Lipinski definition) is 1. The van der Waals surface area contributed by atoms with Gasteiger partial charge in [-0.05, 0) is 37.0 Å². The number of rotatable bonds is 7. The van der Waals surface area contributed by atoms with Crippen molar-refractivity contribution in [3.05, 3.63) is 69.3 Å². The number of carbonyl (C=O) groups excluding carboxylic acids is 2. The maximum Gasteiger partial charge on any atom is 0.339 e. The monoisotopic (exact) mass is 370 g/mol. The second kappa shape index (κ2) is 8.93. The average molecular weight is 370 g/mol. The van der Waals surface area contributed by atoms with E-state index in [0.29, 0.717) is 5.69 Å². The van der Waals surface area contributed by atoms with Crippen molar-refractivity contribution in [2.75, 3.05) is 11.9 Å². The van der Waals surface area contributed by atoms with Gasteiger partial charge in [0.1, 0.15) is 0 Å². The van der Waals surface area contributed by atoms with E-state index in [9.17, 15) is 19.7 Å². The second-order valence-corrected chi connectivity index (χ2v) is 6.23. The number of nitrogens with one attached hydrogen (secondary N) is 1. The van der Waals surface area contributed by atoms with Crippen LogP contribution in [0.15, 0.2) is 42.5 Å². The molecule has 0 aliphatic carbocycles. The lowest BCUT2D eigenvalue weighted by molar-refractivity contribution is -0.385. The predicted octanol–water partition coefficient (Wildman–Crippen LogP) is 4.21. The molecule has 0 saturated heterocycles. The van der Waals surface area contributed by atoms with E-state index < -0.39 is 23.4 Å². The number of esters is 1. The molecule has 0 aliphatic rings. The van der Waals surface area contributed by atoms with Crippen molar-refractivity contribution < 1.29 is 19.2 Å². The molecule has 0 bridgehead atoms. The average Bonchev–Trinajstić information content (AvgIpc) is 2.65.